The van der Waals surface area contributed by atoms with E-state index in [2.05, 4.69) is 0 Å². The molecule has 0 saturated carbocycles. The van der Waals surface area contributed by atoms with E-state index in [4.69, 9.17) is 26.4 Å². The molecule has 3 nitrogen and oxygen atoms in total. The number of rotatable bonds is 7. The Balaban J connectivity index is 1.70. The van der Waals surface area contributed by atoms with Crippen LogP contribution in [0.3, 0.4) is 0 Å². The molecule has 0 atom stereocenters. The van der Waals surface area contributed by atoms with Crippen LogP contribution >= 0.6 is 12.2 Å². The van der Waals surface area contributed by atoms with Gasteiger partial charge in [-0.1, -0.05) is 48.6 Å². The summed E-state index contributed by atoms with van der Waals surface area (Å²) < 4.78 is 32.2. The van der Waals surface area contributed by atoms with Gasteiger partial charge in [-0.3, -0.25) is 0 Å². The average molecular weight is 451 g/mol. The fourth-order valence-electron chi connectivity index (χ4n) is 4.18. The first-order chi connectivity index (χ1) is 15.5. The summed E-state index contributed by atoms with van der Waals surface area (Å²) in [7, 11) is 1.68. The summed E-state index contributed by atoms with van der Waals surface area (Å²) in [6, 6.07) is 21.0. The Kier molecular flexibility index (Phi) is 6.99. The van der Waals surface area contributed by atoms with Gasteiger partial charge in [0.25, 0.3) is 0 Å². The minimum atomic E-state index is -0.535. The molecular weight excluding hydrogens is 423 g/mol. The summed E-state index contributed by atoms with van der Waals surface area (Å²) in [6.07, 6.45) is 1.39. The number of methoxy groups -OCH3 is 1. The zero-order valence-electron chi connectivity index (χ0n) is 18.4. The summed E-state index contributed by atoms with van der Waals surface area (Å²) >= 11 is 5.43. The van der Waals surface area contributed by atoms with Crippen LogP contribution in [0.25, 0.3) is 11.1 Å². The SMILES string of the molecule is COC1(c2cc(F)cc(-c3ccc(C(C)=S)c(OCc4ccccc4)c3)c2)CCOCC1. The Morgan fingerprint density at radius 3 is 2.44 bits per heavy atom. The third-order valence-corrected chi connectivity index (χ3v) is 6.27. The first-order valence-corrected chi connectivity index (χ1v) is 11.2. The van der Waals surface area contributed by atoms with Crippen LogP contribution in [0, 0.1) is 5.82 Å². The highest BCUT2D eigenvalue weighted by Crippen LogP contribution is 2.38. The molecule has 32 heavy (non-hydrogen) atoms. The normalized spacial score (nSPS) is 15.3. The fourth-order valence-corrected chi connectivity index (χ4v) is 4.35. The first-order valence-electron chi connectivity index (χ1n) is 10.8. The highest BCUT2D eigenvalue weighted by molar-refractivity contribution is 7.80. The van der Waals surface area contributed by atoms with Crippen LogP contribution in [0.15, 0.2) is 66.7 Å². The summed E-state index contributed by atoms with van der Waals surface area (Å²) in [4.78, 5) is 0.750. The highest BCUT2D eigenvalue weighted by atomic mass is 32.1. The van der Waals surface area contributed by atoms with Gasteiger partial charge < -0.3 is 14.2 Å². The van der Waals surface area contributed by atoms with Gasteiger partial charge in [-0.25, -0.2) is 4.39 Å². The lowest BCUT2D eigenvalue weighted by Crippen LogP contribution is -2.35. The van der Waals surface area contributed by atoms with E-state index in [9.17, 15) is 4.39 Å². The Morgan fingerprint density at radius 1 is 1.00 bits per heavy atom. The van der Waals surface area contributed by atoms with Crippen molar-refractivity contribution in [3.63, 3.8) is 0 Å². The van der Waals surface area contributed by atoms with Gasteiger partial charge in [0, 0.05) is 43.6 Å². The van der Waals surface area contributed by atoms with E-state index in [1.807, 2.05) is 61.5 Å². The standard InChI is InChI=1S/C27H27FO3S/c1-19(32)25-9-8-21(16-26(25)31-18-20-6-4-3-5-7-20)22-14-23(17-24(28)15-22)27(29-2)10-12-30-13-11-27/h3-9,14-17H,10-13,18H2,1-2H3. The first kappa shape index (κ1) is 22.6. The quantitative estimate of drug-likeness (QED) is 0.305. The van der Waals surface area contributed by atoms with E-state index in [1.54, 1.807) is 19.2 Å². The van der Waals surface area contributed by atoms with Crippen LogP contribution < -0.4 is 4.74 Å². The summed E-state index contributed by atoms with van der Waals surface area (Å²) in [6.45, 7) is 3.51. The molecule has 0 aromatic heterocycles. The molecule has 0 unspecified atom stereocenters. The van der Waals surface area contributed by atoms with Crippen LogP contribution in [0.4, 0.5) is 4.39 Å². The molecule has 1 aliphatic rings. The lowest BCUT2D eigenvalue weighted by molar-refractivity contribution is -0.0948. The molecule has 5 heteroatoms. The maximum atomic E-state index is 14.7. The molecule has 0 N–H and O–H groups in total. The van der Waals surface area contributed by atoms with Crippen molar-refractivity contribution in [2.75, 3.05) is 20.3 Å². The highest BCUT2D eigenvalue weighted by Gasteiger charge is 2.35. The number of thiocarbonyl (C=S) groups is 1. The second kappa shape index (κ2) is 9.90. The molecule has 1 heterocycles. The number of hydrogen-bond acceptors (Lipinski definition) is 4. The van der Waals surface area contributed by atoms with E-state index in [0.29, 0.717) is 38.4 Å². The van der Waals surface area contributed by atoms with Crippen molar-refractivity contribution in [3.05, 3.63) is 89.2 Å². The fraction of sp³-hybridized carbons (Fsp3) is 0.296. The molecule has 0 spiro atoms. The molecule has 0 bridgehead atoms. The number of benzene rings is 3. The predicted octanol–water partition coefficient (Wildman–Crippen LogP) is 6.46. The van der Waals surface area contributed by atoms with Gasteiger partial charge in [-0.2, -0.15) is 0 Å². The van der Waals surface area contributed by atoms with Crippen LogP contribution in [-0.4, -0.2) is 25.2 Å². The summed E-state index contributed by atoms with van der Waals surface area (Å²) in [5.74, 6) is 0.402. The molecule has 0 radical (unpaired) electrons. The maximum absolute atomic E-state index is 14.7. The molecule has 4 rings (SSSR count). The van der Waals surface area contributed by atoms with Crippen molar-refractivity contribution in [2.24, 2.45) is 0 Å². The van der Waals surface area contributed by atoms with E-state index in [0.717, 1.165) is 32.7 Å². The van der Waals surface area contributed by atoms with E-state index < -0.39 is 5.60 Å². The Bertz CT molecular complexity index is 1090. The van der Waals surface area contributed by atoms with Gasteiger partial charge in [0.2, 0.25) is 0 Å². The molecule has 1 aliphatic heterocycles. The largest absolute Gasteiger partial charge is 0.488 e. The number of ether oxygens (including phenoxy) is 3. The smallest absolute Gasteiger partial charge is 0.128 e. The van der Waals surface area contributed by atoms with E-state index in [-0.39, 0.29) is 5.82 Å². The molecular formula is C27H27FO3S. The Hall–Kier alpha value is -2.60. The van der Waals surface area contributed by atoms with Gasteiger partial charge in [0.1, 0.15) is 18.2 Å². The predicted molar refractivity (Wildman–Crippen MR) is 129 cm³/mol. The minimum absolute atomic E-state index is 0.290. The molecule has 0 aliphatic carbocycles. The third kappa shape index (κ3) is 4.90. The summed E-state index contributed by atoms with van der Waals surface area (Å²) in [5, 5.41) is 0. The Labute approximate surface area is 194 Å². The van der Waals surface area contributed by atoms with Crippen molar-refractivity contribution in [1.29, 1.82) is 0 Å². The van der Waals surface area contributed by atoms with Gasteiger partial charge in [-0.05, 0) is 59.5 Å². The zero-order valence-corrected chi connectivity index (χ0v) is 19.2. The van der Waals surface area contributed by atoms with Crippen LogP contribution in [-0.2, 0) is 21.7 Å². The van der Waals surface area contributed by atoms with Crippen molar-refractivity contribution in [1.82, 2.24) is 0 Å². The maximum Gasteiger partial charge on any atom is 0.128 e. The molecule has 3 aromatic carbocycles. The minimum Gasteiger partial charge on any atom is -0.488 e. The zero-order chi connectivity index (χ0) is 22.6. The lowest BCUT2D eigenvalue weighted by Gasteiger charge is -2.36. The van der Waals surface area contributed by atoms with E-state index >= 15 is 0 Å². The van der Waals surface area contributed by atoms with Gasteiger partial charge in [0.15, 0.2) is 0 Å². The van der Waals surface area contributed by atoms with Crippen molar-refractivity contribution in [3.8, 4) is 16.9 Å². The van der Waals surface area contributed by atoms with Crippen molar-refractivity contribution < 1.29 is 18.6 Å². The van der Waals surface area contributed by atoms with Crippen molar-refractivity contribution in [2.45, 2.75) is 32.0 Å². The summed E-state index contributed by atoms with van der Waals surface area (Å²) in [5.41, 5.74) is 3.88. The molecule has 166 valence electrons. The second-order valence-corrected chi connectivity index (χ2v) is 8.69. The Morgan fingerprint density at radius 2 is 1.75 bits per heavy atom. The molecule has 3 aromatic rings. The monoisotopic (exact) mass is 450 g/mol. The van der Waals surface area contributed by atoms with Crippen LogP contribution in [0.1, 0.15) is 36.5 Å². The number of hydrogen-bond donors (Lipinski definition) is 0. The molecule has 1 saturated heterocycles. The number of halogens is 1. The molecule has 0 amide bonds. The third-order valence-electron chi connectivity index (χ3n) is 6.05. The second-order valence-electron chi connectivity index (χ2n) is 8.08. The van der Waals surface area contributed by atoms with Crippen molar-refractivity contribution >= 4 is 17.1 Å². The molecule has 1 fully saturated rings. The van der Waals surface area contributed by atoms with Gasteiger partial charge in [-0.15, -0.1) is 0 Å². The van der Waals surface area contributed by atoms with Crippen LogP contribution in [0.5, 0.6) is 5.75 Å². The average Bonchev–Trinajstić information content (AvgIpc) is 2.83. The lowest BCUT2D eigenvalue weighted by atomic mass is 9.84. The van der Waals surface area contributed by atoms with Gasteiger partial charge in [0.05, 0.1) is 5.60 Å². The van der Waals surface area contributed by atoms with Crippen LogP contribution in [0.2, 0.25) is 0 Å². The van der Waals surface area contributed by atoms with E-state index in [1.165, 1.54) is 0 Å². The van der Waals surface area contributed by atoms with Gasteiger partial charge >= 0.3 is 0 Å². The topological polar surface area (TPSA) is 27.7 Å².